The largest absolute Gasteiger partial charge is 0.399 e. The Hall–Kier alpha value is -0.210. The zero-order chi connectivity index (χ0) is 21.9. The highest BCUT2D eigenvalue weighted by Gasteiger charge is 2.58. The van der Waals surface area contributed by atoms with Crippen LogP contribution in [0.25, 0.3) is 0 Å². The van der Waals surface area contributed by atoms with Crippen LogP contribution in [0.4, 0.5) is 0 Å². The lowest BCUT2D eigenvalue weighted by molar-refractivity contribution is -0.0558. The molecule has 0 heterocycles. The third kappa shape index (κ3) is 3.76. The second-order valence-corrected chi connectivity index (χ2v) is 13.2. The number of rotatable bonds is 5. The first-order valence-corrected chi connectivity index (χ1v) is 13.0. The average molecular weight is 412 g/mol. The van der Waals surface area contributed by atoms with Gasteiger partial charge < -0.3 is 10.2 Å². The minimum Gasteiger partial charge on any atom is -0.399 e. The molecule has 4 heteroatoms. The maximum Gasteiger partial charge on any atom is 0.143 e. The average Bonchev–Trinajstić information content (AvgIpc) is 2.98. The Labute approximate surface area is 187 Å². The van der Waals surface area contributed by atoms with E-state index in [1.165, 1.54) is 51.4 Å². The van der Waals surface area contributed by atoms with Crippen LogP contribution >= 0.6 is 0 Å². The molecule has 0 aromatic carbocycles. The first-order valence-electron chi connectivity index (χ1n) is 13.0. The molecule has 4 aliphatic carbocycles. The van der Waals surface area contributed by atoms with E-state index in [0.29, 0.717) is 16.7 Å². The Morgan fingerprint density at radius 1 is 1.13 bits per heavy atom. The van der Waals surface area contributed by atoms with Gasteiger partial charge in [0, 0.05) is 11.0 Å². The summed E-state index contributed by atoms with van der Waals surface area (Å²) in [5.41, 5.74) is 1.41. The lowest BCUT2D eigenvalue weighted by atomic mass is 9.45. The fourth-order valence-electron chi connectivity index (χ4n) is 8.38. The molecule has 0 aliphatic heterocycles. The van der Waals surface area contributed by atoms with E-state index < -0.39 is 11.0 Å². The van der Waals surface area contributed by atoms with Crippen LogP contribution in [0, 0.1) is 40.4 Å². The third-order valence-electron chi connectivity index (χ3n) is 11.1. The topological polar surface area (TPSA) is 40.5 Å². The molecule has 4 aliphatic rings. The normalized spacial score (nSPS) is 47.8. The molecule has 4 rings (SSSR count). The van der Waals surface area contributed by atoms with E-state index in [9.17, 15) is 10.2 Å². The summed E-state index contributed by atoms with van der Waals surface area (Å²) >= 11 is 0. The van der Waals surface area contributed by atoms with Crippen LogP contribution < -0.4 is 0 Å². The summed E-state index contributed by atoms with van der Waals surface area (Å²) in [5.74, 6) is 3.73. The molecule has 0 spiro atoms. The van der Waals surface area contributed by atoms with E-state index in [-0.39, 0.29) is 0 Å². The van der Waals surface area contributed by atoms with E-state index in [1.807, 2.05) is 15.7 Å². The molecule has 3 fully saturated rings. The van der Waals surface area contributed by atoms with Gasteiger partial charge in [0.05, 0.1) is 0 Å². The van der Waals surface area contributed by atoms with Crippen molar-refractivity contribution in [3.8, 4) is 0 Å². The summed E-state index contributed by atoms with van der Waals surface area (Å²) in [5, 5.41) is 21.3. The summed E-state index contributed by atoms with van der Waals surface area (Å²) in [4.78, 5) is 0. The molecule has 0 saturated heterocycles. The standard InChI is InChI=1S/C26H46B2O2/c1-17(2)26(28,30)12-5-6-18-8-10-21-20-9-7-19-16-25(27,29)15-14-24(19,4)22(20)11-13-23(18,21)3/h7,17-18,20-22,29-30H,5-6,8-16,27-28H2,1-4H3/t18-,20-,21-,22-,23+,24-,25+,26?/m0/s1. The van der Waals surface area contributed by atoms with Crippen molar-refractivity contribution in [2.75, 3.05) is 0 Å². The second kappa shape index (κ2) is 7.68. The highest BCUT2D eigenvalue weighted by molar-refractivity contribution is 6.14. The van der Waals surface area contributed by atoms with Crippen molar-refractivity contribution in [1.29, 1.82) is 0 Å². The van der Waals surface area contributed by atoms with Gasteiger partial charge in [-0.15, -0.1) is 0 Å². The molecule has 2 nitrogen and oxygen atoms in total. The first kappa shape index (κ1) is 23.0. The van der Waals surface area contributed by atoms with Crippen molar-refractivity contribution >= 4 is 15.7 Å². The summed E-state index contributed by atoms with van der Waals surface area (Å²) in [7, 11) is 4.06. The third-order valence-corrected chi connectivity index (χ3v) is 11.1. The molecule has 3 saturated carbocycles. The first-order chi connectivity index (χ1) is 13.9. The Morgan fingerprint density at radius 2 is 1.87 bits per heavy atom. The Morgan fingerprint density at radius 3 is 2.57 bits per heavy atom. The van der Waals surface area contributed by atoms with Gasteiger partial charge in [-0.05, 0) is 105 Å². The van der Waals surface area contributed by atoms with Crippen molar-refractivity contribution in [3.05, 3.63) is 11.6 Å². The lowest BCUT2D eigenvalue weighted by Gasteiger charge is -2.59. The van der Waals surface area contributed by atoms with Crippen molar-refractivity contribution in [3.63, 3.8) is 0 Å². The summed E-state index contributed by atoms with van der Waals surface area (Å²) < 4.78 is 0. The monoisotopic (exact) mass is 412 g/mol. The van der Waals surface area contributed by atoms with Crippen molar-refractivity contribution in [2.45, 2.75) is 109 Å². The minimum absolute atomic E-state index is 0.333. The molecule has 0 aromatic heterocycles. The summed E-state index contributed by atoms with van der Waals surface area (Å²) in [6, 6.07) is 0. The summed E-state index contributed by atoms with van der Waals surface area (Å²) in [6.45, 7) is 9.45. The van der Waals surface area contributed by atoms with Gasteiger partial charge >= 0.3 is 0 Å². The number of fused-ring (bicyclic) bond motifs is 5. The molecule has 0 aromatic rings. The Kier molecular flexibility index (Phi) is 5.88. The quantitative estimate of drug-likeness (QED) is 0.529. The second-order valence-electron chi connectivity index (χ2n) is 13.2. The van der Waals surface area contributed by atoms with Crippen LogP contribution in [0.2, 0.25) is 0 Å². The van der Waals surface area contributed by atoms with Gasteiger partial charge in [-0.25, -0.2) is 0 Å². The molecule has 0 amide bonds. The van der Waals surface area contributed by atoms with Crippen LogP contribution in [0.3, 0.4) is 0 Å². The molecular formula is C26H46B2O2. The molecule has 1 unspecified atom stereocenters. The number of allylic oxidation sites excluding steroid dienone is 1. The van der Waals surface area contributed by atoms with Crippen molar-refractivity contribution < 1.29 is 10.2 Å². The van der Waals surface area contributed by atoms with E-state index in [0.717, 1.165) is 42.9 Å². The van der Waals surface area contributed by atoms with Crippen LogP contribution in [0.15, 0.2) is 11.6 Å². The minimum atomic E-state index is -0.516. The van der Waals surface area contributed by atoms with E-state index in [1.54, 1.807) is 5.57 Å². The zero-order valence-corrected chi connectivity index (χ0v) is 20.6. The van der Waals surface area contributed by atoms with E-state index in [4.69, 9.17) is 0 Å². The van der Waals surface area contributed by atoms with Gasteiger partial charge in [-0.1, -0.05) is 45.8 Å². The van der Waals surface area contributed by atoms with Crippen molar-refractivity contribution in [2.24, 2.45) is 40.4 Å². The molecule has 168 valence electrons. The van der Waals surface area contributed by atoms with E-state index >= 15 is 0 Å². The van der Waals surface area contributed by atoms with Gasteiger partial charge in [0.2, 0.25) is 0 Å². The van der Waals surface area contributed by atoms with Crippen molar-refractivity contribution in [1.82, 2.24) is 0 Å². The fourth-order valence-corrected chi connectivity index (χ4v) is 8.38. The molecule has 30 heavy (non-hydrogen) atoms. The van der Waals surface area contributed by atoms with Gasteiger partial charge in [-0.3, -0.25) is 0 Å². The van der Waals surface area contributed by atoms with Crippen LogP contribution in [-0.2, 0) is 0 Å². The number of hydrogen-bond donors (Lipinski definition) is 2. The molecular weight excluding hydrogens is 366 g/mol. The van der Waals surface area contributed by atoms with Crippen LogP contribution in [0.5, 0.6) is 0 Å². The molecule has 8 atom stereocenters. The lowest BCUT2D eigenvalue weighted by Crippen LogP contribution is -2.52. The maximum atomic E-state index is 10.7. The molecule has 0 radical (unpaired) electrons. The Bertz CT molecular complexity index is 685. The SMILES string of the molecule is BC(O)(CCC[C@H]1CC[C@H]2[C@@H]3CC=C4C[C@](B)(O)CC[C@]4(C)[C@H]3CC[C@]12C)C(C)C. The Balaban J connectivity index is 1.46. The van der Waals surface area contributed by atoms with Gasteiger partial charge in [0.25, 0.3) is 0 Å². The molecule has 0 bridgehead atoms. The van der Waals surface area contributed by atoms with Gasteiger partial charge in [0.1, 0.15) is 15.7 Å². The maximum absolute atomic E-state index is 10.7. The predicted molar refractivity (Wildman–Crippen MR) is 131 cm³/mol. The van der Waals surface area contributed by atoms with Crippen LogP contribution in [0.1, 0.15) is 98.3 Å². The van der Waals surface area contributed by atoms with Crippen LogP contribution in [-0.4, -0.2) is 36.9 Å². The van der Waals surface area contributed by atoms with E-state index in [2.05, 4.69) is 33.8 Å². The highest BCUT2D eigenvalue weighted by atomic mass is 16.3. The smallest absolute Gasteiger partial charge is 0.143 e. The predicted octanol–water partition coefficient (Wildman–Crippen LogP) is 4.04. The van der Waals surface area contributed by atoms with Gasteiger partial charge in [-0.2, -0.15) is 0 Å². The number of hydrogen-bond acceptors (Lipinski definition) is 2. The van der Waals surface area contributed by atoms with Gasteiger partial charge in [0.15, 0.2) is 0 Å². The highest BCUT2D eigenvalue weighted by Crippen LogP contribution is 2.67. The fraction of sp³-hybridized carbons (Fsp3) is 0.923. The zero-order valence-electron chi connectivity index (χ0n) is 20.6. The molecule has 2 N–H and O–H groups in total. The number of aliphatic hydroxyl groups is 2. The summed E-state index contributed by atoms with van der Waals surface area (Å²) in [6.07, 6.45) is 15.8.